The third kappa shape index (κ3) is 1.93. The number of ether oxygens (including phenoxy) is 1. The molecule has 1 aliphatic heterocycles. The van der Waals surface area contributed by atoms with Crippen molar-refractivity contribution in [1.29, 1.82) is 0 Å². The van der Waals surface area contributed by atoms with E-state index < -0.39 is 37.1 Å². The minimum atomic E-state index is -1.29. The summed E-state index contributed by atoms with van der Waals surface area (Å²) in [5.74, 6) is -0.856. The second-order valence-electron chi connectivity index (χ2n) is 3.98. The summed E-state index contributed by atoms with van der Waals surface area (Å²) in [6.45, 7) is -0.452. The minimum absolute atomic E-state index is 0.0785. The summed E-state index contributed by atoms with van der Waals surface area (Å²) in [5, 5.41) is 28.3. The van der Waals surface area contributed by atoms with Crippen LogP contribution in [-0.2, 0) is 4.74 Å². The van der Waals surface area contributed by atoms with E-state index in [0.29, 0.717) is 0 Å². The van der Waals surface area contributed by atoms with Gasteiger partial charge in [0.2, 0.25) is 5.95 Å². The molecule has 1 aliphatic rings. The molecule has 0 bridgehead atoms. The zero-order valence-electron chi connectivity index (χ0n) is 9.30. The summed E-state index contributed by atoms with van der Waals surface area (Å²) in [4.78, 5) is 14.6. The number of rotatable bonds is 3. The van der Waals surface area contributed by atoms with Crippen molar-refractivity contribution in [2.24, 2.45) is 5.73 Å². The van der Waals surface area contributed by atoms with Gasteiger partial charge in [0, 0.05) is 6.20 Å². The van der Waals surface area contributed by atoms with Crippen molar-refractivity contribution < 1.29 is 24.9 Å². The Morgan fingerprint density at radius 3 is 2.61 bits per heavy atom. The highest BCUT2D eigenvalue weighted by atomic mass is 16.6. The average Bonchev–Trinajstić information content (AvgIpc) is 2.83. The Morgan fingerprint density at radius 2 is 2.17 bits per heavy atom. The van der Waals surface area contributed by atoms with Crippen LogP contribution in [0.15, 0.2) is 6.20 Å². The molecule has 18 heavy (non-hydrogen) atoms. The Bertz CT molecular complexity index is 462. The van der Waals surface area contributed by atoms with Crippen molar-refractivity contribution in [3.05, 3.63) is 11.9 Å². The number of nitrogen functional groups attached to an aromatic ring is 1. The summed E-state index contributed by atoms with van der Waals surface area (Å²) in [5.41, 5.74) is 10.5. The molecule has 9 heteroatoms. The van der Waals surface area contributed by atoms with Crippen molar-refractivity contribution in [1.82, 2.24) is 9.55 Å². The summed E-state index contributed by atoms with van der Waals surface area (Å²) < 4.78 is 6.42. The molecule has 2 heterocycles. The third-order valence-corrected chi connectivity index (χ3v) is 2.80. The van der Waals surface area contributed by atoms with E-state index in [1.54, 1.807) is 0 Å². The van der Waals surface area contributed by atoms with Crippen LogP contribution in [0.2, 0.25) is 0 Å². The maximum atomic E-state index is 10.9. The first-order chi connectivity index (χ1) is 8.45. The van der Waals surface area contributed by atoms with Crippen molar-refractivity contribution in [2.45, 2.75) is 24.5 Å². The number of carbonyl (C=O) groups excluding carboxylic acids is 1. The topological polar surface area (TPSA) is 157 Å². The standard InChI is InChI=1S/C9H14N4O5/c10-7(17)3-1-13(9(11)12-3)8-6(16)5(15)4(2-14)18-8/h1,4-6,8,14-16H,2H2,(H2,10,17)(H2,11,12)/t4-,5-,6-,8?/m1/s1. The molecule has 0 aliphatic carbocycles. The van der Waals surface area contributed by atoms with Gasteiger partial charge in [0.25, 0.3) is 5.91 Å². The lowest BCUT2D eigenvalue weighted by molar-refractivity contribution is -0.0517. The fourth-order valence-corrected chi connectivity index (χ4v) is 1.84. The molecule has 1 unspecified atom stereocenters. The number of aliphatic hydroxyl groups is 3. The number of imidazole rings is 1. The predicted octanol–water partition coefficient (Wildman–Crippen LogP) is -2.82. The Labute approximate surface area is 102 Å². The maximum Gasteiger partial charge on any atom is 0.268 e. The Morgan fingerprint density at radius 1 is 1.50 bits per heavy atom. The summed E-state index contributed by atoms with van der Waals surface area (Å²) in [6.07, 6.45) is -3.28. The van der Waals surface area contributed by atoms with E-state index >= 15 is 0 Å². The molecule has 0 radical (unpaired) electrons. The molecule has 4 atom stereocenters. The van der Waals surface area contributed by atoms with Crippen molar-refractivity contribution in [3.8, 4) is 0 Å². The van der Waals surface area contributed by atoms with Crippen LogP contribution in [0.4, 0.5) is 5.95 Å². The minimum Gasteiger partial charge on any atom is -0.394 e. The number of carbonyl (C=O) groups is 1. The molecular formula is C9H14N4O5. The highest BCUT2D eigenvalue weighted by Gasteiger charge is 2.44. The van der Waals surface area contributed by atoms with Gasteiger partial charge in [-0.3, -0.25) is 9.36 Å². The lowest BCUT2D eigenvalue weighted by Gasteiger charge is -2.16. The van der Waals surface area contributed by atoms with Gasteiger partial charge in [-0.25, -0.2) is 4.98 Å². The molecule has 100 valence electrons. The van der Waals surface area contributed by atoms with E-state index in [0.717, 1.165) is 0 Å². The number of aromatic nitrogens is 2. The number of hydrogen-bond donors (Lipinski definition) is 5. The van der Waals surface area contributed by atoms with E-state index in [9.17, 15) is 15.0 Å². The summed E-state index contributed by atoms with van der Waals surface area (Å²) >= 11 is 0. The van der Waals surface area contributed by atoms with Gasteiger partial charge in [-0.2, -0.15) is 0 Å². The van der Waals surface area contributed by atoms with Crippen molar-refractivity contribution in [3.63, 3.8) is 0 Å². The molecule has 1 amide bonds. The van der Waals surface area contributed by atoms with Crippen LogP contribution in [0.3, 0.4) is 0 Å². The van der Waals surface area contributed by atoms with Crippen LogP contribution in [0.5, 0.6) is 0 Å². The van der Waals surface area contributed by atoms with Crippen LogP contribution in [-0.4, -0.2) is 55.7 Å². The van der Waals surface area contributed by atoms with Gasteiger partial charge in [0.1, 0.15) is 24.0 Å². The van der Waals surface area contributed by atoms with E-state index in [-0.39, 0.29) is 11.6 Å². The molecule has 0 saturated carbocycles. The van der Waals surface area contributed by atoms with Gasteiger partial charge in [-0.1, -0.05) is 0 Å². The Kier molecular flexibility index (Phi) is 3.22. The number of anilines is 1. The number of primary amides is 1. The maximum absolute atomic E-state index is 10.9. The fourth-order valence-electron chi connectivity index (χ4n) is 1.84. The van der Waals surface area contributed by atoms with Crippen LogP contribution in [0.25, 0.3) is 0 Å². The molecular weight excluding hydrogens is 244 g/mol. The van der Waals surface area contributed by atoms with E-state index in [1.807, 2.05) is 0 Å². The molecule has 0 spiro atoms. The van der Waals surface area contributed by atoms with E-state index in [2.05, 4.69) is 4.98 Å². The predicted molar refractivity (Wildman–Crippen MR) is 58.2 cm³/mol. The summed E-state index contributed by atoms with van der Waals surface area (Å²) in [7, 11) is 0. The second kappa shape index (κ2) is 4.53. The third-order valence-electron chi connectivity index (χ3n) is 2.80. The first-order valence-electron chi connectivity index (χ1n) is 5.22. The summed E-state index contributed by atoms with van der Waals surface area (Å²) in [6, 6.07) is 0. The largest absolute Gasteiger partial charge is 0.394 e. The Hall–Kier alpha value is -1.68. The average molecular weight is 258 g/mol. The lowest BCUT2D eigenvalue weighted by atomic mass is 10.1. The number of nitrogens with zero attached hydrogens (tertiary/aromatic N) is 2. The molecule has 9 nitrogen and oxygen atoms in total. The van der Waals surface area contributed by atoms with E-state index in [1.165, 1.54) is 10.8 Å². The quantitative estimate of drug-likeness (QED) is 0.391. The van der Waals surface area contributed by atoms with Crippen molar-refractivity contribution in [2.75, 3.05) is 12.3 Å². The van der Waals surface area contributed by atoms with Crippen molar-refractivity contribution >= 4 is 11.9 Å². The number of hydrogen-bond acceptors (Lipinski definition) is 7. The van der Waals surface area contributed by atoms with Crippen LogP contribution in [0, 0.1) is 0 Å². The lowest BCUT2D eigenvalue weighted by Crippen LogP contribution is -2.33. The normalized spacial score (nSPS) is 31.7. The highest BCUT2D eigenvalue weighted by Crippen LogP contribution is 2.30. The molecule has 0 aromatic carbocycles. The molecule has 1 aromatic heterocycles. The molecule has 1 saturated heterocycles. The van der Waals surface area contributed by atoms with Crippen LogP contribution >= 0.6 is 0 Å². The van der Waals surface area contributed by atoms with Crippen LogP contribution < -0.4 is 11.5 Å². The van der Waals surface area contributed by atoms with Gasteiger partial charge in [0.15, 0.2) is 6.23 Å². The van der Waals surface area contributed by atoms with Gasteiger partial charge in [0.05, 0.1) is 6.61 Å². The smallest absolute Gasteiger partial charge is 0.268 e. The van der Waals surface area contributed by atoms with Gasteiger partial charge < -0.3 is 31.5 Å². The van der Waals surface area contributed by atoms with Gasteiger partial charge in [-0.05, 0) is 0 Å². The first-order valence-corrected chi connectivity index (χ1v) is 5.22. The number of aliphatic hydroxyl groups excluding tert-OH is 3. The fraction of sp³-hybridized carbons (Fsp3) is 0.556. The number of amides is 1. The second-order valence-corrected chi connectivity index (χ2v) is 3.98. The molecule has 1 aromatic rings. The molecule has 2 rings (SSSR count). The molecule has 1 fully saturated rings. The van der Waals surface area contributed by atoms with E-state index in [4.69, 9.17) is 21.3 Å². The van der Waals surface area contributed by atoms with Gasteiger partial charge >= 0.3 is 0 Å². The highest BCUT2D eigenvalue weighted by molar-refractivity contribution is 5.91. The Balaban J connectivity index is 2.29. The monoisotopic (exact) mass is 258 g/mol. The first kappa shape index (κ1) is 12.8. The van der Waals surface area contributed by atoms with Gasteiger partial charge in [-0.15, -0.1) is 0 Å². The van der Waals surface area contributed by atoms with Crippen LogP contribution in [0.1, 0.15) is 16.7 Å². The SMILES string of the molecule is NC(=O)c1cn(C2O[C@H](CO)[C@@H](O)[C@H]2O)c(N)n1. The number of nitrogens with two attached hydrogens (primary N) is 2. The zero-order valence-corrected chi connectivity index (χ0v) is 9.30. The zero-order chi connectivity index (χ0) is 13.4. The molecule has 7 N–H and O–H groups in total.